The molecule has 2 fully saturated rings. The number of hydrogen-bond acceptors (Lipinski definition) is 4. The quantitative estimate of drug-likeness (QED) is 0.484. The van der Waals surface area contributed by atoms with Gasteiger partial charge in [0.1, 0.15) is 6.61 Å². The fourth-order valence-electron chi connectivity index (χ4n) is 3.25. The minimum Gasteiger partial charge on any atom is -0.481 e. The van der Waals surface area contributed by atoms with E-state index in [9.17, 15) is 24.6 Å². The van der Waals surface area contributed by atoms with E-state index in [2.05, 4.69) is 11.9 Å². The normalized spacial score (nSPS) is 35.9. The fourth-order valence-corrected chi connectivity index (χ4v) is 3.25. The zero-order valence-electron chi connectivity index (χ0n) is 11.5. The zero-order valence-corrected chi connectivity index (χ0v) is 14.4. The van der Waals surface area contributed by atoms with Crippen molar-refractivity contribution in [2.24, 2.45) is 17.3 Å². The summed E-state index contributed by atoms with van der Waals surface area (Å²) < 4.78 is 4.72. The van der Waals surface area contributed by atoms with E-state index in [4.69, 9.17) is 4.74 Å². The van der Waals surface area contributed by atoms with Crippen LogP contribution in [0, 0.1) is 23.7 Å². The van der Waals surface area contributed by atoms with E-state index in [0.29, 0.717) is 6.42 Å². The van der Waals surface area contributed by atoms with E-state index in [0.717, 1.165) is 0 Å². The number of aliphatic carboxylic acids is 2. The number of nitrogens with one attached hydrogen (secondary N) is 1. The van der Waals surface area contributed by atoms with Crippen LogP contribution in [0.5, 0.6) is 0 Å². The third kappa shape index (κ3) is 2.61. The Hall–Kier alpha value is -0.946. The van der Waals surface area contributed by atoms with E-state index in [1.165, 1.54) is 19.4 Å². The van der Waals surface area contributed by atoms with Crippen molar-refractivity contribution in [2.75, 3.05) is 6.61 Å². The summed E-state index contributed by atoms with van der Waals surface area (Å²) in [4.78, 5) is 34.5. The molecule has 0 aromatic carbocycles. The van der Waals surface area contributed by atoms with E-state index < -0.39 is 34.9 Å². The first kappa shape index (κ1) is 18.1. The topological polar surface area (TPSA) is 113 Å². The Labute approximate surface area is 147 Å². The fraction of sp³-hybridized carbons (Fsp3) is 0.538. The maximum absolute atomic E-state index is 11.6. The SMILES string of the molecule is C=CCOC(=O)NC1(C(=O)O)[CH-]CC2C1C2(C)C(=O)O.[Y]. The molecule has 0 saturated heterocycles. The van der Waals surface area contributed by atoms with Crippen molar-refractivity contribution in [3.05, 3.63) is 19.1 Å². The molecule has 0 aromatic rings. The molecular formula is C13H16NO6Y-. The van der Waals surface area contributed by atoms with Gasteiger partial charge in [0.05, 0.1) is 5.41 Å². The second kappa shape index (κ2) is 6.04. The summed E-state index contributed by atoms with van der Waals surface area (Å²) in [6, 6.07) is 0. The summed E-state index contributed by atoms with van der Waals surface area (Å²) in [6.07, 6.45) is 2.24. The van der Waals surface area contributed by atoms with Crippen LogP contribution >= 0.6 is 0 Å². The molecule has 0 aliphatic heterocycles. The zero-order chi connectivity index (χ0) is 15.1. The number of carboxylic acid groups (broad SMARTS) is 2. The van der Waals surface area contributed by atoms with Crippen molar-refractivity contribution in [3.63, 3.8) is 0 Å². The summed E-state index contributed by atoms with van der Waals surface area (Å²) >= 11 is 0. The molecule has 0 heterocycles. The van der Waals surface area contributed by atoms with E-state index in [1.54, 1.807) is 0 Å². The van der Waals surface area contributed by atoms with Gasteiger partial charge in [0.25, 0.3) is 5.97 Å². The molecule has 1 amide bonds. The predicted octanol–water partition coefficient (Wildman–Crippen LogP) is 0.664. The summed E-state index contributed by atoms with van der Waals surface area (Å²) in [5.74, 6) is -3.27. The second-order valence-corrected chi connectivity index (χ2v) is 5.30. The monoisotopic (exact) mass is 371 g/mol. The van der Waals surface area contributed by atoms with Crippen molar-refractivity contribution < 1.29 is 62.0 Å². The Morgan fingerprint density at radius 2 is 2.05 bits per heavy atom. The molecule has 2 rings (SSSR count). The van der Waals surface area contributed by atoms with Gasteiger partial charge in [-0.3, -0.25) is 16.0 Å². The van der Waals surface area contributed by atoms with Crippen molar-refractivity contribution in [3.8, 4) is 0 Å². The standard InChI is InChI=1S/C13H16NO6.Y/c1-3-6-20-11(19)14-13(10(17)18)5-4-7-8(13)12(7,2)9(15)16;/h3,5,7-8H,1,4,6H2,2H3,(H,14,19)(H,15,16)(H,17,18);/q-1;. The number of alkyl carbamates (subject to hydrolysis) is 1. The van der Waals surface area contributed by atoms with Crippen molar-refractivity contribution in [1.29, 1.82) is 0 Å². The molecular weight excluding hydrogens is 355 g/mol. The number of hydrogen-bond donors (Lipinski definition) is 3. The van der Waals surface area contributed by atoms with Crippen LogP contribution in [-0.2, 0) is 47.0 Å². The average Bonchev–Trinajstić information content (AvgIpc) is 2.79. The molecule has 0 bridgehead atoms. The third-order valence-electron chi connectivity index (χ3n) is 4.35. The Kier molecular flexibility index (Phi) is 5.21. The predicted molar refractivity (Wildman–Crippen MR) is 66.7 cm³/mol. The van der Waals surface area contributed by atoms with E-state index in [-0.39, 0.29) is 45.2 Å². The minimum atomic E-state index is -1.68. The molecule has 2 aliphatic carbocycles. The van der Waals surface area contributed by atoms with Crippen molar-refractivity contribution in [1.82, 2.24) is 5.32 Å². The summed E-state index contributed by atoms with van der Waals surface area (Å²) in [6.45, 7) is 4.84. The van der Waals surface area contributed by atoms with Gasteiger partial charge >= 0.3 is 12.1 Å². The first-order chi connectivity index (χ1) is 9.30. The maximum Gasteiger partial charge on any atom is 0.406 e. The van der Waals surface area contributed by atoms with E-state index >= 15 is 0 Å². The van der Waals surface area contributed by atoms with Crippen molar-refractivity contribution >= 4 is 18.0 Å². The van der Waals surface area contributed by atoms with Crippen LogP contribution in [0.15, 0.2) is 12.7 Å². The molecule has 2 saturated carbocycles. The Morgan fingerprint density at radius 3 is 2.48 bits per heavy atom. The largest absolute Gasteiger partial charge is 0.481 e. The van der Waals surface area contributed by atoms with Gasteiger partial charge in [-0.1, -0.05) is 12.7 Å². The molecule has 4 unspecified atom stereocenters. The average molecular weight is 371 g/mol. The molecule has 4 atom stereocenters. The number of carbonyl (C=O) groups excluding carboxylic acids is 1. The van der Waals surface area contributed by atoms with Crippen LogP contribution in [0.2, 0.25) is 0 Å². The molecule has 7 nitrogen and oxygen atoms in total. The first-order valence-corrected chi connectivity index (χ1v) is 6.17. The van der Waals surface area contributed by atoms with E-state index in [1.807, 2.05) is 0 Å². The van der Waals surface area contributed by atoms with Gasteiger partial charge in [-0.05, 0) is 18.8 Å². The van der Waals surface area contributed by atoms with Gasteiger partial charge in [0.15, 0.2) is 0 Å². The molecule has 2 aliphatic rings. The first-order valence-electron chi connectivity index (χ1n) is 6.17. The number of fused-ring (bicyclic) bond motifs is 1. The van der Waals surface area contributed by atoms with Crippen LogP contribution < -0.4 is 5.32 Å². The van der Waals surface area contributed by atoms with Crippen LogP contribution in [0.25, 0.3) is 0 Å². The maximum atomic E-state index is 11.6. The van der Waals surface area contributed by atoms with Crippen LogP contribution in [0.3, 0.4) is 0 Å². The van der Waals surface area contributed by atoms with Gasteiger partial charge in [-0.25, -0.2) is 4.79 Å². The van der Waals surface area contributed by atoms with Gasteiger partial charge in [0, 0.05) is 38.2 Å². The third-order valence-corrected chi connectivity index (χ3v) is 4.35. The number of rotatable bonds is 5. The number of ether oxygens (including phenoxy) is 1. The molecule has 0 spiro atoms. The molecule has 113 valence electrons. The van der Waals surface area contributed by atoms with Gasteiger partial charge in [-0.2, -0.15) is 6.42 Å². The summed E-state index contributed by atoms with van der Waals surface area (Å²) in [7, 11) is 0. The molecule has 21 heavy (non-hydrogen) atoms. The smallest absolute Gasteiger partial charge is 0.406 e. The Balaban J connectivity index is 0.00000220. The molecule has 3 N–H and O–H groups in total. The number of amides is 1. The van der Waals surface area contributed by atoms with Crippen LogP contribution in [0.1, 0.15) is 13.3 Å². The van der Waals surface area contributed by atoms with Crippen LogP contribution in [0.4, 0.5) is 4.79 Å². The van der Waals surface area contributed by atoms with Gasteiger partial charge in [0.2, 0.25) is 0 Å². The van der Waals surface area contributed by atoms with Crippen LogP contribution in [-0.4, -0.2) is 40.4 Å². The Morgan fingerprint density at radius 1 is 1.43 bits per heavy atom. The van der Waals surface area contributed by atoms with Gasteiger partial charge in [-0.15, -0.1) is 0 Å². The molecule has 0 aromatic heterocycles. The second-order valence-electron chi connectivity index (χ2n) is 5.30. The molecule has 1 radical (unpaired) electrons. The number of carboxylic acids is 2. The summed E-state index contributed by atoms with van der Waals surface area (Å²) in [5, 5.41) is 21.0. The van der Waals surface area contributed by atoms with Gasteiger partial charge < -0.3 is 20.3 Å². The minimum absolute atomic E-state index is 0. The number of carbonyl (C=O) groups is 3. The Bertz CT molecular complexity index is 495. The van der Waals surface area contributed by atoms with Crippen molar-refractivity contribution in [2.45, 2.75) is 18.9 Å². The summed E-state index contributed by atoms with van der Waals surface area (Å²) in [5.41, 5.74) is -2.81. The molecule has 8 heteroatoms.